The number of hydrogen-bond acceptors (Lipinski definition) is 5. The topological polar surface area (TPSA) is 187 Å². The third kappa shape index (κ3) is 8.94. The van der Waals surface area contributed by atoms with Crippen LogP contribution in [-0.2, 0) is 14.4 Å². The van der Waals surface area contributed by atoms with Crippen molar-refractivity contribution in [1.82, 2.24) is 5.32 Å². The third-order valence-electron chi connectivity index (χ3n) is 2.33. The number of nitrogens with two attached hydrogens (primary N) is 2. The minimum atomic E-state index is -0.955. The molecule has 1 rings (SSSR count). The van der Waals surface area contributed by atoms with Crippen molar-refractivity contribution in [3.8, 4) is 0 Å². The van der Waals surface area contributed by atoms with Gasteiger partial charge in [-0.05, 0) is 25.8 Å². The molecule has 9 heteroatoms. The zero-order valence-corrected chi connectivity index (χ0v) is 10.5. The van der Waals surface area contributed by atoms with Gasteiger partial charge in [-0.2, -0.15) is 0 Å². The van der Waals surface area contributed by atoms with Gasteiger partial charge in [0.25, 0.3) is 0 Å². The lowest BCUT2D eigenvalue weighted by atomic mass is 10.2. The average molecular weight is 279 g/mol. The van der Waals surface area contributed by atoms with Crippen LogP contribution in [0, 0.1) is 0 Å². The molecule has 0 aromatic carbocycles. The zero-order chi connectivity index (χ0) is 14.1. The fourth-order valence-corrected chi connectivity index (χ4v) is 1.26. The van der Waals surface area contributed by atoms with Gasteiger partial charge in [-0.3, -0.25) is 9.59 Å². The Morgan fingerprint density at radius 1 is 1.42 bits per heavy atom. The Labute approximate surface area is 110 Å². The summed E-state index contributed by atoms with van der Waals surface area (Å²) in [7, 11) is 0. The summed E-state index contributed by atoms with van der Waals surface area (Å²) in [6.45, 7) is 0.501. The fourth-order valence-electron chi connectivity index (χ4n) is 1.26. The number of carbonyl (C=O) groups excluding carboxylic acids is 1. The Balaban J connectivity index is 0. The molecule has 19 heavy (non-hydrogen) atoms. The maximum Gasteiger partial charge on any atom is 0.326 e. The predicted molar refractivity (Wildman–Crippen MR) is 66.3 cm³/mol. The summed E-state index contributed by atoms with van der Waals surface area (Å²) < 4.78 is 0. The molecule has 112 valence electrons. The molecule has 1 aliphatic rings. The molecule has 0 bridgehead atoms. The summed E-state index contributed by atoms with van der Waals surface area (Å²) in [5.74, 6) is -2.06. The minimum absolute atomic E-state index is 0. The predicted octanol–water partition coefficient (Wildman–Crippen LogP) is -2.34. The van der Waals surface area contributed by atoms with Crippen molar-refractivity contribution >= 4 is 17.8 Å². The van der Waals surface area contributed by atoms with Crippen LogP contribution >= 0.6 is 0 Å². The van der Waals surface area contributed by atoms with Crippen molar-refractivity contribution in [2.75, 3.05) is 6.54 Å². The average Bonchev–Trinajstić information content (AvgIpc) is 2.73. The van der Waals surface area contributed by atoms with Crippen LogP contribution in [-0.4, -0.2) is 52.2 Å². The normalized spacial score (nSPS) is 18.4. The van der Waals surface area contributed by atoms with Crippen molar-refractivity contribution in [1.29, 1.82) is 0 Å². The summed E-state index contributed by atoms with van der Waals surface area (Å²) in [6, 6.07) is -1.38. The number of carboxylic acid groups (broad SMARTS) is 2. The molecule has 0 aromatic rings. The van der Waals surface area contributed by atoms with Gasteiger partial charge < -0.3 is 32.5 Å². The maximum atomic E-state index is 10.4. The molecule has 0 unspecified atom stereocenters. The standard InChI is InChI=1S/C5H12N2O2.C5H7NO3.H2O/c6-3-1-2-4(7)5(8)9;7-4-2-1-3(6-4)5(8)9;/h4H,1-3,6-7H2,(H,8,9);3H,1-2H2,(H,6,7)(H,8,9);1H2/t4-;3-;/m00./s1. The van der Waals surface area contributed by atoms with E-state index in [-0.39, 0.29) is 11.4 Å². The third-order valence-corrected chi connectivity index (χ3v) is 2.33. The van der Waals surface area contributed by atoms with E-state index in [9.17, 15) is 14.4 Å². The second kappa shape index (κ2) is 10.2. The van der Waals surface area contributed by atoms with Crippen LogP contribution in [0.2, 0.25) is 0 Å². The first kappa shape index (κ1) is 19.6. The van der Waals surface area contributed by atoms with E-state index in [1.807, 2.05) is 0 Å². The van der Waals surface area contributed by atoms with E-state index >= 15 is 0 Å². The lowest BCUT2D eigenvalue weighted by Gasteiger charge is -2.02. The smallest absolute Gasteiger partial charge is 0.326 e. The molecule has 0 saturated carbocycles. The van der Waals surface area contributed by atoms with Crippen molar-refractivity contribution in [2.45, 2.75) is 37.8 Å². The second-order valence-corrected chi connectivity index (χ2v) is 3.87. The van der Waals surface area contributed by atoms with Gasteiger partial charge in [0, 0.05) is 6.42 Å². The van der Waals surface area contributed by atoms with E-state index in [1.54, 1.807) is 0 Å². The van der Waals surface area contributed by atoms with Gasteiger partial charge in [-0.15, -0.1) is 0 Å². The van der Waals surface area contributed by atoms with Crippen LogP contribution in [0.25, 0.3) is 0 Å². The van der Waals surface area contributed by atoms with Gasteiger partial charge in [-0.25, -0.2) is 4.79 Å². The van der Waals surface area contributed by atoms with E-state index in [0.717, 1.165) is 0 Å². The number of rotatable bonds is 5. The molecule has 0 aliphatic carbocycles. The Hall–Kier alpha value is -1.71. The molecule has 1 aliphatic heterocycles. The number of carboxylic acids is 2. The van der Waals surface area contributed by atoms with E-state index < -0.39 is 24.0 Å². The van der Waals surface area contributed by atoms with Gasteiger partial charge in [-0.1, -0.05) is 0 Å². The van der Waals surface area contributed by atoms with E-state index in [2.05, 4.69) is 5.32 Å². The summed E-state index contributed by atoms with van der Waals surface area (Å²) in [6.07, 6.45) is 1.91. The number of carbonyl (C=O) groups is 3. The van der Waals surface area contributed by atoms with Crippen molar-refractivity contribution in [2.24, 2.45) is 11.5 Å². The first-order valence-electron chi connectivity index (χ1n) is 5.59. The molecule has 9 nitrogen and oxygen atoms in total. The Morgan fingerprint density at radius 2 is 2.00 bits per heavy atom. The van der Waals surface area contributed by atoms with Crippen LogP contribution in [0.3, 0.4) is 0 Å². The summed E-state index contributed by atoms with van der Waals surface area (Å²) in [4.78, 5) is 30.6. The minimum Gasteiger partial charge on any atom is -0.480 e. The molecule has 2 atom stereocenters. The first-order chi connectivity index (χ1) is 8.38. The molecule has 9 N–H and O–H groups in total. The van der Waals surface area contributed by atoms with Crippen molar-refractivity contribution in [3.05, 3.63) is 0 Å². The highest BCUT2D eigenvalue weighted by molar-refractivity contribution is 5.87. The quantitative estimate of drug-likeness (QED) is 0.372. The van der Waals surface area contributed by atoms with Gasteiger partial charge in [0.1, 0.15) is 12.1 Å². The zero-order valence-electron chi connectivity index (χ0n) is 10.5. The summed E-state index contributed by atoms with van der Waals surface area (Å²) >= 11 is 0. The molecular formula is C10H21N3O6. The highest BCUT2D eigenvalue weighted by atomic mass is 16.4. The lowest BCUT2D eigenvalue weighted by molar-refractivity contribution is -0.140. The summed E-state index contributed by atoms with van der Waals surface area (Å²) in [5, 5.41) is 18.9. The largest absolute Gasteiger partial charge is 0.480 e. The molecule has 0 radical (unpaired) electrons. The van der Waals surface area contributed by atoms with E-state index in [4.69, 9.17) is 21.7 Å². The monoisotopic (exact) mass is 279 g/mol. The second-order valence-electron chi connectivity index (χ2n) is 3.87. The number of nitrogens with one attached hydrogen (secondary N) is 1. The van der Waals surface area contributed by atoms with E-state index in [0.29, 0.717) is 32.2 Å². The van der Waals surface area contributed by atoms with Crippen molar-refractivity contribution < 1.29 is 30.1 Å². The van der Waals surface area contributed by atoms with Crippen LogP contribution in [0.5, 0.6) is 0 Å². The Bertz CT molecular complexity index is 310. The highest BCUT2D eigenvalue weighted by Crippen LogP contribution is 2.05. The Kier molecular flexibility index (Phi) is 10.6. The first-order valence-corrected chi connectivity index (χ1v) is 5.59. The molecule has 0 aromatic heterocycles. The van der Waals surface area contributed by atoms with Gasteiger partial charge in [0.15, 0.2) is 0 Å². The molecule has 1 saturated heterocycles. The fraction of sp³-hybridized carbons (Fsp3) is 0.700. The lowest BCUT2D eigenvalue weighted by Crippen LogP contribution is -2.32. The van der Waals surface area contributed by atoms with Crippen LogP contribution in [0.1, 0.15) is 25.7 Å². The highest BCUT2D eigenvalue weighted by Gasteiger charge is 2.26. The van der Waals surface area contributed by atoms with Crippen LogP contribution in [0.4, 0.5) is 0 Å². The van der Waals surface area contributed by atoms with Gasteiger partial charge in [0.2, 0.25) is 5.91 Å². The van der Waals surface area contributed by atoms with Crippen molar-refractivity contribution in [3.63, 3.8) is 0 Å². The molecule has 1 heterocycles. The Morgan fingerprint density at radius 3 is 2.26 bits per heavy atom. The van der Waals surface area contributed by atoms with Gasteiger partial charge in [0.05, 0.1) is 0 Å². The maximum absolute atomic E-state index is 10.4. The number of hydrogen-bond donors (Lipinski definition) is 5. The van der Waals surface area contributed by atoms with Crippen LogP contribution in [0.15, 0.2) is 0 Å². The molecule has 1 amide bonds. The number of amides is 1. The number of aliphatic carboxylic acids is 2. The molecule has 1 fully saturated rings. The SMILES string of the molecule is NCCC[C@H](N)C(=O)O.O.O=C1CC[C@@H](C(=O)O)N1. The van der Waals surface area contributed by atoms with Gasteiger partial charge >= 0.3 is 11.9 Å². The molecule has 0 spiro atoms. The summed E-state index contributed by atoms with van der Waals surface area (Å²) in [5.41, 5.74) is 10.3. The van der Waals surface area contributed by atoms with Crippen LogP contribution < -0.4 is 16.8 Å². The van der Waals surface area contributed by atoms with E-state index in [1.165, 1.54) is 0 Å². The molecular weight excluding hydrogens is 258 g/mol.